The molecule has 4 nitrogen and oxygen atoms in total. The van der Waals surface area contributed by atoms with Gasteiger partial charge < -0.3 is 9.47 Å². The van der Waals surface area contributed by atoms with Crippen molar-refractivity contribution < 1.29 is 9.47 Å². The summed E-state index contributed by atoms with van der Waals surface area (Å²) in [6.07, 6.45) is 12.9. The highest BCUT2D eigenvalue weighted by atomic mass is 16.5. The number of benzene rings is 8. The van der Waals surface area contributed by atoms with Crippen molar-refractivity contribution >= 4 is 11.4 Å². The van der Waals surface area contributed by atoms with Crippen LogP contribution in [0.4, 0.5) is 11.4 Å². The van der Waals surface area contributed by atoms with Crippen LogP contribution in [0, 0.1) is 13.1 Å². The van der Waals surface area contributed by atoms with Gasteiger partial charge in [0.1, 0.15) is 11.5 Å². The van der Waals surface area contributed by atoms with Crippen molar-refractivity contribution in [1.29, 1.82) is 0 Å². The van der Waals surface area contributed by atoms with Crippen LogP contribution in [0.1, 0.15) is 97.6 Å². The van der Waals surface area contributed by atoms with E-state index in [4.69, 9.17) is 22.6 Å². The van der Waals surface area contributed by atoms with E-state index in [-0.39, 0.29) is 5.41 Å². The largest absolute Gasteiger partial charge is 0.494 e. The fourth-order valence-electron chi connectivity index (χ4n) is 11.5. The number of nitrogens with zero attached hydrogens (tertiary/aromatic N) is 2. The second-order valence-electron chi connectivity index (χ2n) is 19.3. The smallest absolute Gasteiger partial charge is 0.187 e. The Morgan fingerprint density at radius 2 is 0.739 bits per heavy atom. The molecule has 0 spiro atoms. The highest BCUT2D eigenvalue weighted by Gasteiger charge is 2.43. The second kappa shape index (κ2) is 19.5. The Balaban J connectivity index is 0.895. The van der Waals surface area contributed by atoms with Crippen molar-refractivity contribution in [3.8, 4) is 67.1 Å². The molecule has 3 aliphatic rings. The zero-order valence-electron chi connectivity index (χ0n) is 39.3. The summed E-state index contributed by atoms with van der Waals surface area (Å²) in [5.74, 6) is 1.66. The molecule has 8 aromatic rings. The van der Waals surface area contributed by atoms with Crippen LogP contribution in [0.15, 0.2) is 170 Å². The molecule has 0 saturated carbocycles. The SMILES string of the molecule is [C-]#[N+]c1ccc(OCCCCCCC2(CCCCCCOc3ccc([N+]#[C-])cc3)c3cc(-c4ccc5c(c4)Cc4ccccc4-5)ccc3-c3ccc(-c4ccc5c(c4)Cc4ccccc4-5)cc32)cc1. The summed E-state index contributed by atoms with van der Waals surface area (Å²) in [6, 6.07) is 61.7. The summed E-state index contributed by atoms with van der Waals surface area (Å²) in [4.78, 5) is 7.04. The molecule has 3 aliphatic carbocycles. The average Bonchev–Trinajstić information content (AvgIpc) is 4.05. The number of ether oxygens (including phenoxy) is 2. The number of hydrogen-bond acceptors (Lipinski definition) is 2. The van der Waals surface area contributed by atoms with Crippen LogP contribution in [0.5, 0.6) is 11.5 Å². The third-order valence-corrected chi connectivity index (χ3v) is 15.1. The van der Waals surface area contributed by atoms with Gasteiger partial charge in [0.15, 0.2) is 11.4 Å². The van der Waals surface area contributed by atoms with Crippen molar-refractivity contribution in [2.75, 3.05) is 13.2 Å². The van der Waals surface area contributed by atoms with Crippen molar-refractivity contribution in [3.63, 3.8) is 0 Å². The van der Waals surface area contributed by atoms with Crippen molar-refractivity contribution in [1.82, 2.24) is 0 Å². The van der Waals surface area contributed by atoms with Crippen LogP contribution in [0.25, 0.3) is 65.3 Å². The third kappa shape index (κ3) is 8.85. The lowest BCUT2D eigenvalue weighted by molar-refractivity contribution is 0.300. The number of unbranched alkanes of at least 4 members (excludes halogenated alkanes) is 6. The van der Waals surface area contributed by atoms with Crippen LogP contribution in [-0.4, -0.2) is 13.2 Å². The third-order valence-electron chi connectivity index (χ3n) is 15.1. The average molecular weight is 897 g/mol. The van der Waals surface area contributed by atoms with Gasteiger partial charge in [-0.25, -0.2) is 9.69 Å². The van der Waals surface area contributed by atoms with Gasteiger partial charge in [-0.2, -0.15) is 0 Å². The molecule has 8 aromatic carbocycles. The predicted octanol–water partition coefficient (Wildman–Crippen LogP) is 17.6. The van der Waals surface area contributed by atoms with Crippen molar-refractivity contribution in [2.24, 2.45) is 0 Å². The van der Waals surface area contributed by atoms with Gasteiger partial charge in [-0.1, -0.05) is 172 Å². The first-order chi connectivity index (χ1) is 34.1. The molecule has 0 bridgehead atoms. The lowest BCUT2D eigenvalue weighted by atomic mass is 9.70. The highest BCUT2D eigenvalue weighted by molar-refractivity contribution is 5.88. The first-order valence-electron chi connectivity index (χ1n) is 25.0. The number of fused-ring (bicyclic) bond motifs is 9. The van der Waals surface area contributed by atoms with Gasteiger partial charge in [0, 0.05) is 5.41 Å². The monoisotopic (exact) mass is 896 g/mol. The minimum absolute atomic E-state index is 0.140. The standard InChI is InChI=1S/C65H56N2O2/c1-66-53-23-27-55(28-24-53)68-37-13-5-3-11-35-65(36-12-4-6-14-38-69-56-29-25-54(67-2)26-30-56)63-43-47(45-19-31-59-51(39-45)41-49-15-7-9-17-57(49)59)21-33-61(63)62-34-22-48(44-64(62)65)46-20-32-60-52(40-46)42-50-16-8-10-18-58(50)60/h7-10,15-34,39-40,43-44H,3-6,11-14,35-38,41-42H2. The van der Waals surface area contributed by atoms with E-state index in [9.17, 15) is 0 Å². The summed E-state index contributed by atoms with van der Waals surface area (Å²) < 4.78 is 12.2. The maximum Gasteiger partial charge on any atom is 0.187 e. The Morgan fingerprint density at radius 1 is 0.362 bits per heavy atom. The van der Waals surface area contributed by atoms with E-state index >= 15 is 0 Å². The first kappa shape index (κ1) is 43.9. The summed E-state index contributed by atoms with van der Waals surface area (Å²) in [6.45, 7) is 15.9. The minimum Gasteiger partial charge on any atom is -0.494 e. The normalized spacial score (nSPS) is 13.0. The maximum absolute atomic E-state index is 7.27. The predicted molar refractivity (Wildman–Crippen MR) is 283 cm³/mol. The number of hydrogen-bond donors (Lipinski definition) is 0. The van der Waals surface area contributed by atoms with Crippen LogP contribution < -0.4 is 9.47 Å². The molecular formula is C65H56N2O2. The molecule has 0 amide bonds. The van der Waals surface area contributed by atoms with Gasteiger partial charge in [-0.15, -0.1) is 0 Å². The van der Waals surface area contributed by atoms with Gasteiger partial charge in [0.25, 0.3) is 0 Å². The number of rotatable bonds is 18. The Kier molecular flexibility index (Phi) is 12.4. The van der Waals surface area contributed by atoms with Crippen LogP contribution in [-0.2, 0) is 18.3 Å². The van der Waals surface area contributed by atoms with E-state index in [1.54, 1.807) is 0 Å². The van der Waals surface area contributed by atoms with E-state index < -0.39 is 0 Å². The quantitative estimate of drug-likeness (QED) is 0.0634. The molecule has 0 unspecified atom stereocenters. The Hall–Kier alpha value is -7.66. The lowest BCUT2D eigenvalue weighted by Gasteiger charge is -2.33. The molecule has 0 heterocycles. The molecule has 0 aromatic heterocycles. The van der Waals surface area contributed by atoms with Gasteiger partial charge >= 0.3 is 0 Å². The summed E-state index contributed by atoms with van der Waals surface area (Å²) >= 11 is 0. The van der Waals surface area contributed by atoms with Crippen LogP contribution in [0.3, 0.4) is 0 Å². The summed E-state index contributed by atoms with van der Waals surface area (Å²) in [5.41, 5.74) is 23.2. The fraction of sp³-hybridized carbons (Fsp3) is 0.231. The summed E-state index contributed by atoms with van der Waals surface area (Å²) in [5, 5.41) is 0. The highest BCUT2D eigenvalue weighted by Crippen LogP contribution is 2.56. The van der Waals surface area contributed by atoms with E-state index in [0.717, 1.165) is 88.5 Å². The van der Waals surface area contributed by atoms with Gasteiger partial charge in [0.2, 0.25) is 0 Å². The Morgan fingerprint density at radius 3 is 1.17 bits per heavy atom. The van der Waals surface area contributed by atoms with Gasteiger partial charge in [0.05, 0.1) is 26.4 Å². The molecule has 0 saturated heterocycles. The van der Waals surface area contributed by atoms with E-state index in [2.05, 4.69) is 131 Å². The van der Waals surface area contributed by atoms with E-state index in [1.807, 2.05) is 48.5 Å². The topological polar surface area (TPSA) is 27.2 Å². The Labute approximate surface area is 407 Å². The molecule has 0 fully saturated rings. The molecule has 0 radical (unpaired) electrons. The minimum atomic E-state index is -0.140. The maximum atomic E-state index is 7.27. The van der Waals surface area contributed by atoms with Crippen LogP contribution in [0.2, 0.25) is 0 Å². The summed E-state index contributed by atoms with van der Waals surface area (Å²) in [7, 11) is 0. The van der Waals surface area contributed by atoms with Crippen LogP contribution >= 0.6 is 0 Å². The molecule has 69 heavy (non-hydrogen) atoms. The Bertz CT molecular complexity index is 3040. The molecule has 0 N–H and O–H groups in total. The zero-order chi connectivity index (χ0) is 46.6. The van der Waals surface area contributed by atoms with E-state index in [1.165, 1.54) is 89.0 Å². The zero-order valence-corrected chi connectivity index (χ0v) is 39.3. The van der Waals surface area contributed by atoms with Crippen molar-refractivity contribution in [2.45, 2.75) is 82.5 Å². The molecule has 0 aliphatic heterocycles. The fourth-order valence-corrected chi connectivity index (χ4v) is 11.5. The second-order valence-corrected chi connectivity index (χ2v) is 19.3. The van der Waals surface area contributed by atoms with Gasteiger partial charge in [-0.05, 0) is 164 Å². The molecule has 11 rings (SSSR count). The van der Waals surface area contributed by atoms with E-state index in [0.29, 0.717) is 24.6 Å². The molecular weight excluding hydrogens is 841 g/mol. The molecule has 338 valence electrons. The first-order valence-corrected chi connectivity index (χ1v) is 25.0. The van der Waals surface area contributed by atoms with Crippen molar-refractivity contribution in [3.05, 3.63) is 226 Å². The van der Waals surface area contributed by atoms with Gasteiger partial charge in [-0.3, -0.25) is 0 Å². The molecule has 0 atom stereocenters. The molecule has 4 heteroatoms. The lowest BCUT2D eigenvalue weighted by Crippen LogP contribution is -2.25.